The molecule has 9 heteroatoms. The molecule has 0 saturated carbocycles. The van der Waals surface area contributed by atoms with E-state index in [4.69, 9.17) is 4.74 Å². The van der Waals surface area contributed by atoms with Crippen LogP contribution in [0.15, 0.2) is 77.9 Å². The molecule has 0 bridgehead atoms. The van der Waals surface area contributed by atoms with Gasteiger partial charge in [0, 0.05) is 18.6 Å². The summed E-state index contributed by atoms with van der Waals surface area (Å²) in [5.41, 5.74) is 4.43. The summed E-state index contributed by atoms with van der Waals surface area (Å²) in [7, 11) is 1.58. The van der Waals surface area contributed by atoms with Gasteiger partial charge in [-0.3, -0.25) is 25.7 Å². The van der Waals surface area contributed by atoms with E-state index >= 15 is 0 Å². The minimum absolute atomic E-state index is 0.270. The average Bonchev–Trinajstić information content (AvgIpc) is 2.77. The fourth-order valence-electron chi connectivity index (χ4n) is 2.80. The topological polar surface area (TPSA) is 120 Å². The molecule has 3 aromatic carbocycles. The number of methoxy groups -OCH3 is 1. The zero-order valence-electron chi connectivity index (χ0n) is 16.0. The maximum atomic E-state index is 11.2. The van der Waals surface area contributed by atoms with Crippen molar-refractivity contribution in [3.63, 3.8) is 0 Å². The van der Waals surface area contributed by atoms with Crippen molar-refractivity contribution in [3.05, 3.63) is 104 Å². The van der Waals surface area contributed by atoms with Crippen molar-refractivity contribution in [2.45, 2.75) is 6.42 Å². The third kappa shape index (κ3) is 4.96. The Kier molecular flexibility index (Phi) is 6.33. The Morgan fingerprint density at radius 2 is 1.60 bits per heavy atom. The molecule has 0 aliphatic heterocycles. The van der Waals surface area contributed by atoms with Gasteiger partial charge in [-0.25, -0.2) is 0 Å². The van der Waals surface area contributed by atoms with Crippen molar-refractivity contribution < 1.29 is 14.6 Å². The van der Waals surface area contributed by atoms with E-state index in [9.17, 15) is 20.2 Å². The highest BCUT2D eigenvalue weighted by Crippen LogP contribution is 2.29. The van der Waals surface area contributed by atoms with Crippen LogP contribution in [0.2, 0.25) is 0 Å². The van der Waals surface area contributed by atoms with Gasteiger partial charge in [0.2, 0.25) is 0 Å². The fraction of sp³-hybridized carbons (Fsp3) is 0.0952. The molecule has 0 amide bonds. The third-order valence-corrected chi connectivity index (χ3v) is 4.33. The van der Waals surface area contributed by atoms with Crippen LogP contribution in [0.25, 0.3) is 0 Å². The van der Waals surface area contributed by atoms with Crippen molar-refractivity contribution >= 4 is 22.8 Å². The van der Waals surface area contributed by atoms with Crippen LogP contribution in [0.5, 0.6) is 5.75 Å². The zero-order valence-corrected chi connectivity index (χ0v) is 16.0. The molecule has 0 fully saturated rings. The summed E-state index contributed by atoms with van der Waals surface area (Å²) in [4.78, 5) is 20.6. The smallest absolute Gasteiger partial charge is 0.348 e. The highest BCUT2D eigenvalue weighted by molar-refractivity contribution is 6.02. The lowest BCUT2D eigenvalue weighted by Crippen LogP contribution is -2.08. The van der Waals surface area contributed by atoms with Crippen molar-refractivity contribution in [1.82, 2.24) is 0 Å². The lowest BCUT2D eigenvalue weighted by Gasteiger charge is -2.10. The Labute approximate surface area is 171 Å². The van der Waals surface area contributed by atoms with E-state index in [1.54, 1.807) is 7.11 Å². The van der Waals surface area contributed by atoms with Crippen LogP contribution >= 0.6 is 0 Å². The summed E-state index contributed by atoms with van der Waals surface area (Å²) in [5.74, 6) is 0.705. The maximum absolute atomic E-state index is 11.2. The largest absolute Gasteiger partial charge is 0.497 e. The van der Waals surface area contributed by atoms with Gasteiger partial charge in [0.05, 0.1) is 28.4 Å². The van der Waals surface area contributed by atoms with Crippen molar-refractivity contribution in [3.8, 4) is 5.75 Å². The second-order valence-corrected chi connectivity index (χ2v) is 6.28. The zero-order chi connectivity index (χ0) is 21.5. The Morgan fingerprint density at radius 3 is 2.20 bits per heavy atom. The molecule has 0 aromatic heterocycles. The van der Waals surface area contributed by atoms with E-state index in [1.807, 2.05) is 54.6 Å². The first kappa shape index (κ1) is 20.5. The van der Waals surface area contributed by atoms with Gasteiger partial charge in [0.1, 0.15) is 5.75 Å². The number of rotatable bonds is 8. The molecular weight excluding hydrogens is 388 g/mol. The SMILES string of the molecule is COc1ccc(C(Cc2ccccc2)=NNc2ccc([N+](=O)[O-])c([N+](=O)[O-])c2)cc1. The first-order valence-electron chi connectivity index (χ1n) is 8.91. The molecule has 0 spiro atoms. The Hall–Kier alpha value is -4.27. The van der Waals surface area contributed by atoms with E-state index in [1.165, 1.54) is 6.07 Å². The Bertz CT molecular complexity index is 1080. The number of benzene rings is 3. The second-order valence-electron chi connectivity index (χ2n) is 6.28. The first-order chi connectivity index (χ1) is 14.5. The molecule has 0 aliphatic carbocycles. The average molecular weight is 406 g/mol. The number of ether oxygens (including phenoxy) is 1. The van der Waals surface area contributed by atoms with Crippen LogP contribution < -0.4 is 10.2 Å². The fourth-order valence-corrected chi connectivity index (χ4v) is 2.80. The molecule has 0 radical (unpaired) electrons. The summed E-state index contributed by atoms with van der Waals surface area (Å²) in [6, 6.07) is 20.6. The van der Waals surface area contributed by atoms with Gasteiger partial charge >= 0.3 is 11.4 Å². The molecule has 0 atom stereocenters. The molecule has 1 N–H and O–H groups in total. The number of nitrogens with zero attached hydrogens (tertiary/aromatic N) is 3. The maximum Gasteiger partial charge on any atom is 0.348 e. The van der Waals surface area contributed by atoms with Crippen LogP contribution in [0.1, 0.15) is 11.1 Å². The van der Waals surface area contributed by atoms with Gasteiger partial charge in [0.25, 0.3) is 0 Å². The van der Waals surface area contributed by atoms with Crippen molar-refractivity contribution in [2.75, 3.05) is 12.5 Å². The number of anilines is 1. The van der Waals surface area contributed by atoms with Crippen molar-refractivity contribution in [1.29, 1.82) is 0 Å². The molecule has 0 unspecified atom stereocenters. The Balaban J connectivity index is 1.93. The highest BCUT2D eigenvalue weighted by Gasteiger charge is 2.24. The predicted octanol–water partition coefficient (Wildman–Crippen LogP) is 4.57. The van der Waals surface area contributed by atoms with E-state index < -0.39 is 21.2 Å². The van der Waals surface area contributed by atoms with Crippen LogP contribution in [0, 0.1) is 20.2 Å². The van der Waals surface area contributed by atoms with E-state index in [-0.39, 0.29) is 5.69 Å². The standard InChI is InChI=1S/C21H18N4O5/c1-30-18-10-7-16(8-11-18)19(13-15-5-3-2-4-6-15)23-22-17-9-12-20(24(26)27)21(14-17)25(28)29/h2-12,14,22H,13H2,1H3. The van der Waals surface area contributed by atoms with Gasteiger partial charge < -0.3 is 4.74 Å². The molecule has 0 heterocycles. The molecule has 0 saturated heterocycles. The number of hydrogen-bond donors (Lipinski definition) is 1. The van der Waals surface area contributed by atoms with E-state index in [0.717, 1.165) is 23.3 Å². The van der Waals surface area contributed by atoms with E-state index in [2.05, 4.69) is 10.5 Å². The molecule has 0 aliphatic rings. The van der Waals surface area contributed by atoms with Gasteiger partial charge in [-0.1, -0.05) is 30.3 Å². The predicted molar refractivity (Wildman–Crippen MR) is 113 cm³/mol. The quantitative estimate of drug-likeness (QED) is 0.332. The monoisotopic (exact) mass is 406 g/mol. The molecule has 152 valence electrons. The molecule has 3 aromatic rings. The molecule has 9 nitrogen and oxygen atoms in total. The van der Waals surface area contributed by atoms with Crippen LogP contribution in [-0.2, 0) is 6.42 Å². The number of nitro groups is 2. The second kappa shape index (κ2) is 9.28. The Morgan fingerprint density at radius 1 is 0.933 bits per heavy atom. The summed E-state index contributed by atoms with van der Waals surface area (Å²) in [5, 5.41) is 26.6. The van der Waals surface area contributed by atoms with Crippen LogP contribution in [0.4, 0.5) is 17.1 Å². The lowest BCUT2D eigenvalue weighted by molar-refractivity contribution is -0.422. The van der Waals surface area contributed by atoms with Crippen molar-refractivity contribution in [2.24, 2.45) is 5.10 Å². The summed E-state index contributed by atoms with van der Waals surface area (Å²) >= 11 is 0. The number of hydrogen-bond acceptors (Lipinski definition) is 7. The van der Waals surface area contributed by atoms with Crippen LogP contribution in [-0.4, -0.2) is 22.7 Å². The summed E-state index contributed by atoms with van der Waals surface area (Å²) < 4.78 is 5.19. The van der Waals surface area contributed by atoms with Gasteiger partial charge in [-0.05, 0) is 41.5 Å². The molecular formula is C21H18N4O5. The first-order valence-corrected chi connectivity index (χ1v) is 8.91. The van der Waals surface area contributed by atoms with Gasteiger partial charge in [-0.15, -0.1) is 0 Å². The number of hydrazone groups is 1. The minimum Gasteiger partial charge on any atom is -0.497 e. The molecule has 3 rings (SSSR count). The summed E-state index contributed by atoms with van der Waals surface area (Å²) in [6.07, 6.45) is 0.509. The minimum atomic E-state index is -0.790. The number of nitrogens with one attached hydrogen (secondary N) is 1. The molecule has 30 heavy (non-hydrogen) atoms. The lowest BCUT2D eigenvalue weighted by atomic mass is 10.0. The highest BCUT2D eigenvalue weighted by atomic mass is 16.6. The van der Waals surface area contributed by atoms with Crippen LogP contribution in [0.3, 0.4) is 0 Å². The normalized spacial score (nSPS) is 11.0. The van der Waals surface area contributed by atoms with Gasteiger partial charge in [0.15, 0.2) is 0 Å². The summed E-state index contributed by atoms with van der Waals surface area (Å²) in [6.45, 7) is 0. The van der Waals surface area contributed by atoms with Gasteiger partial charge in [-0.2, -0.15) is 5.10 Å². The number of nitro benzene ring substituents is 2. The third-order valence-electron chi connectivity index (χ3n) is 4.33. The van der Waals surface area contributed by atoms with E-state index in [0.29, 0.717) is 17.9 Å².